The molecule has 0 spiro atoms. The van der Waals surface area contributed by atoms with Gasteiger partial charge in [-0.3, -0.25) is 14.9 Å². The molecule has 10 heteroatoms. The van der Waals surface area contributed by atoms with E-state index in [9.17, 15) is 23.7 Å². The Bertz CT molecular complexity index is 1560. The highest BCUT2D eigenvalue weighted by atomic mass is 19.1. The number of amides is 1. The predicted molar refractivity (Wildman–Crippen MR) is 157 cm³/mol. The zero-order valence-corrected chi connectivity index (χ0v) is 23.2. The molecule has 0 unspecified atom stereocenters. The maximum atomic E-state index is 14.1. The third-order valence-corrected chi connectivity index (χ3v) is 8.40. The summed E-state index contributed by atoms with van der Waals surface area (Å²) >= 11 is 0. The number of piperazine rings is 1. The van der Waals surface area contributed by atoms with E-state index >= 15 is 0 Å². The minimum atomic E-state index is -0.499. The number of halogens is 2. The van der Waals surface area contributed by atoms with E-state index in [1.807, 2.05) is 18.0 Å². The van der Waals surface area contributed by atoms with E-state index in [0.29, 0.717) is 18.8 Å². The molecule has 3 aromatic carbocycles. The average molecular weight is 572 g/mol. The van der Waals surface area contributed by atoms with E-state index in [0.717, 1.165) is 54.8 Å². The zero-order valence-electron chi connectivity index (χ0n) is 23.2. The van der Waals surface area contributed by atoms with Gasteiger partial charge < -0.3 is 9.80 Å². The van der Waals surface area contributed by atoms with Crippen LogP contribution >= 0.6 is 0 Å². The molecule has 2 fully saturated rings. The summed E-state index contributed by atoms with van der Waals surface area (Å²) in [6.07, 6.45) is 4.35. The van der Waals surface area contributed by atoms with Gasteiger partial charge in [-0.15, -0.1) is 0 Å². The Kier molecular flexibility index (Phi) is 7.55. The van der Waals surface area contributed by atoms with Crippen LogP contribution in [0.4, 0.5) is 20.2 Å². The molecule has 1 amide bonds. The zero-order chi connectivity index (χ0) is 29.4. The number of hydrazone groups is 1. The van der Waals surface area contributed by atoms with Crippen LogP contribution in [0.5, 0.6) is 0 Å². The number of carbonyl (C=O) groups is 1. The van der Waals surface area contributed by atoms with Crippen molar-refractivity contribution in [3.8, 4) is 0 Å². The molecule has 0 aromatic heterocycles. The number of nitrogens with zero attached hydrogens (tertiary/aromatic N) is 5. The van der Waals surface area contributed by atoms with Crippen LogP contribution in [0.1, 0.15) is 46.8 Å². The van der Waals surface area contributed by atoms with Gasteiger partial charge in [0.1, 0.15) is 17.3 Å². The number of fused-ring (bicyclic) bond motifs is 1. The molecule has 0 N–H and O–H groups in total. The number of nitro groups is 1. The third kappa shape index (κ3) is 5.42. The van der Waals surface area contributed by atoms with Crippen LogP contribution in [0.2, 0.25) is 0 Å². The molecular weight excluding hydrogens is 540 g/mol. The molecule has 216 valence electrons. The molecule has 1 saturated heterocycles. The maximum absolute atomic E-state index is 14.1. The van der Waals surface area contributed by atoms with Crippen molar-refractivity contribution in [2.24, 2.45) is 11.0 Å². The van der Waals surface area contributed by atoms with Gasteiger partial charge in [0.05, 0.1) is 16.7 Å². The van der Waals surface area contributed by atoms with Crippen LogP contribution in [0.3, 0.4) is 0 Å². The van der Waals surface area contributed by atoms with Crippen LogP contribution in [-0.4, -0.2) is 59.7 Å². The van der Waals surface area contributed by atoms with E-state index in [1.165, 1.54) is 35.3 Å². The van der Waals surface area contributed by atoms with Gasteiger partial charge in [0, 0.05) is 43.7 Å². The second-order valence-electron chi connectivity index (χ2n) is 11.1. The first-order valence-corrected chi connectivity index (χ1v) is 14.1. The van der Waals surface area contributed by atoms with Crippen molar-refractivity contribution >= 4 is 29.1 Å². The summed E-state index contributed by atoms with van der Waals surface area (Å²) in [6.45, 7) is 2.89. The van der Waals surface area contributed by atoms with Crippen molar-refractivity contribution in [1.29, 1.82) is 0 Å². The lowest BCUT2D eigenvalue weighted by Gasteiger charge is -2.33. The second-order valence-corrected chi connectivity index (χ2v) is 11.1. The predicted octanol–water partition coefficient (Wildman–Crippen LogP) is 6.06. The van der Waals surface area contributed by atoms with Gasteiger partial charge in [-0.05, 0) is 85.5 Å². The average Bonchev–Trinajstić information content (AvgIpc) is 3.39. The molecule has 2 aliphatic heterocycles. The monoisotopic (exact) mass is 571 g/mol. The number of allylic oxidation sites excluding steroid dienone is 1. The third-order valence-electron chi connectivity index (χ3n) is 8.40. The van der Waals surface area contributed by atoms with Gasteiger partial charge in [-0.2, -0.15) is 5.10 Å². The van der Waals surface area contributed by atoms with E-state index in [1.54, 1.807) is 36.4 Å². The SMILES string of the molecule is CN1CCN(c2ccc(C(=O)N3N=C4/C(=C/c5ccc(F)cc5)CCC[C@@H]4[C@@H]3c3ccc(F)cc3)cc2[N+](=O)[O-])CC1. The van der Waals surface area contributed by atoms with E-state index < -0.39 is 16.9 Å². The highest BCUT2D eigenvalue weighted by Gasteiger charge is 2.44. The van der Waals surface area contributed by atoms with Gasteiger partial charge in [0.2, 0.25) is 0 Å². The van der Waals surface area contributed by atoms with Crippen molar-refractivity contribution in [3.63, 3.8) is 0 Å². The Morgan fingerprint density at radius 2 is 1.64 bits per heavy atom. The first kappa shape index (κ1) is 27.7. The minimum Gasteiger partial charge on any atom is -0.363 e. The molecular formula is C32H31F2N5O3. The van der Waals surface area contributed by atoms with Gasteiger partial charge >= 0.3 is 0 Å². The van der Waals surface area contributed by atoms with Crippen LogP contribution in [-0.2, 0) is 0 Å². The highest BCUT2D eigenvalue weighted by molar-refractivity contribution is 6.09. The Labute approximate surface area is 242 Å². The largest absolute Gasteiger partial charge is 0.363 e. The summed E-state index contributed by atoms with van der Waals surface area (Å²) in [5, 5.41) is 18.4. The lowest BCUT2D eigenvalue weighted by molar-refractivity contribution is -0.384. The van der Waals surface area contributed by atoms with Gasteiger partial charge in [-0.1, -0.05) is 24.3 Å². The summed E-state index contributed by atoms with van der Waals surface area (Å²) in [4.78, 5) is 29.9. The number of anilines is 1. The molecule has 1 aliphatic carbocycles. The molecule has 0 radical (unpaired) electrons. The molecule has 2 heterocycles. The van der Waals surface area contributed by atoms with Crippen molar-refractivity contribution in [3.05, 3.63) is 111 Å². The van der Waals surface area contributed by atoms with Crippen LogP contribution in [0.25, 0.3) is 6.08 Å². The number of rotatable bonds is 5. The Balaban J connectivity index is 1.39. The topological polar surface area (TPSA) is 82.3 Å². The Morgan fingerprint density at radius 1 is 0.976 bits per heavy atom. The van der Waals surface area contributed by atoms with Gasteiger partial charge in [-0.25, -0.2) is 13.8 Å². The van der Waals surface area contributed by atoms with Crippen molar-refractivity contribution in [1.82, 2.24) is 9.91 Å². The summed E-state index contributed by atoms with van der Waals surface area (Å²) in [6, 6.07) is 16.4. The Morgan fingerprint density at radius 3 is 2.31 bits per heavy atom. The first-order chi connectivity index (χ1) is 20.3. The number of benzene rings is 3. The second kappa shape index (κ2) is 11.4. The highest BCUT2D eigenvalue weighted by Crippen LogP contribution is 2.45. The molecule has 1 saturated carbocycles. The normalized spacial score (nSPS) is 21.8. The number of hydrogen-bond donors (Lipinski definition) is 0. The van der Waals surface area contributed by atoms with Gasteiger partial charge in [0.25, 0.3) is 11.6 Å². The minimum absolute atomic E-state index is 0.120. The lowest BCUT2D eigenvalue weighted by Crippen LogP contribution is -2.44. The first-order valence-electron chi connectivity index (χ1n) is 14.1. The molecule has 0 bridgehead atoms. The summed E-state index contributed by atoms with van der Waals surface area (Å²) in [7, 11) is 2.01. The summed E-state index contributed by atoms with van der Waals surface area (Å²) < 4.78 is 27.4. The Hall–Kier alpha value is -4.44. The van der Waals surface area contributed by atoms with Crippen molar-refractivity contribution in [2.75, 3.05) is 38.1 Å². The molecule has 2 atom stereocenters. The van der Waals surface area contributed by atoms with Crippen LogP contribution in [0.15, 0.2) is 77.4 Å². The number of likely N-dealkylation sites (N-methyl/N-ethyl adjacent to an activating group) is 1. The summed E-state index contributed by atoms with van der Waals surface area (Å²) in [5.41, 5.74) is 3.82. The molecule has 3 aromatic rings. The smallest absolute Gasteiger partial charge is 0.293 e. The maximum Gasteiger partial charge on any atom is 0.293 e. The molecule has 42 heavy (non-hydrogen) atoms. The fourth-order valence-electron chi connectivity index (χ4n) is 6.17. The summed E-state index contributed by atoms with van der Waals surface area (Å²) in [5.74, 6) is -1.30. The van der Waals surface area contributed by atoms with E-state index in [4.69, 9.17) is 5.10 Å². The molecule has 3 aliphatic rings. The quantitative estimate of drug-likeness (QED) is 0.275. The standard InChI is InChI=1S/C32H31F2N5O3/c1-36-15-17-37(18-16-36)28-14-9-24(20-29(28)39(41)42)32(40)38-31(22-7-12-26(34)13-8-22)27-4-2-3-23(30(27)35-38)19-21-5-10-25(33)11-6-21/h5-14,19-20,27,31H,2-4,15-18H2,1H3/b23-19+/t27-,31-/m0/s1. The van der Waals surface area contributed by atoms with Crippen LogP contribution in [0, 0.1) is 27.7 Å². The fourth-order valence-corrected chi connectivity index (χ4v) is 6.17. The molecule has 8 nitrogen and oxygen atoms in total. The van der Waals surface area contributed by atoms with Crippen molar-refractivity contribution < 1.29 is 18.5 Å². The van der Waals surface area contributed by atoms with E-state index in [-0.39, 0.29) is 28.8 Å². The lowest BCUT2D eigenvalue weighted by atomic mass is 9.77. The van der Waals surface area contributed by atoms with Crippen molar-refractivity contribution in [2.45, 2.75) is 25.3 Å². The van der Waals surface area contributed by atoms with Crippen LogP contribution < -0.4 is 4.90 Å². The number of hydrogen-bond acceptors (Lipinski definition) is 6. The molecule has 6 rings (SSSR count). The number of carbonyl (C=O) groups excluding carboxylic acids is 1. The van der Waals surface area contributed by atoms with Gasteiger partial charge in [0.15, 0.2) is 0 Å². The van der Waals surface area contributed by atoms with E-state index in [2.05, 4.69) is 4.90 Å². The fraction of sp³-hybridized carbons (Fsp3) is 0.312. The number of nitro benzene ring substituents is 1.